The summed E-state index contributed by atoms with van der Waals surface area (Å²) in [5, 5.41) is 10.2. The molecule has 1 aromatic heterocycles. The maximum Gasteiger partial charge on any atom is 0.322 e. The maximum atomic E-state index is 10.2. The Labute approximate surface area is 75.5 Å². The first-order valence-electron chi connectivity index (χ1n) is 2.64. The first kappa shape index (κ1) is 8.35. The second-order valence-electron chi connectivity index (χ2n) is 1.81. The number of hydrogen-bond acceptors (Lipinski definition) is 3. The van der Waals surface area contributed by atoms with Crippen molar-refractivity contribution in [3.63, 3.8) is 0 Å². The molecule has 1 aromatic rings. The van der Waals surface area contributed by atoms with Crippen molar-refractivity contribution >= 4 is 34.0 Å². The lowest BCUT2D eigenvalue weighted by Crippen LogP contribution is -1.91. The number of H-pyrrole nitrogens is 1. The monoisotopic (exact) mass is 234 g/mol. The normalized spacial score (nSPS) is 9.55. The minimum Gasteiger partial charge on any atom is -0.358 e. The Kier molecular flexibility index (Phi) is 2.35. The fourth-order valence-electron chi connectivity index (χ4n) is 0.594. The molecule has 0 aliphatic heterocycles. The minimum absolute atomic E-state index is 0.107. The molecule has 4 nitrogen and oxygen atoms in total. The molecule has 0 bridgehead atoms. The van der Waals surface area contributed by atoms with Crippen LogP contribution in [-0.2, 0) is 0 Å². The molecule has 0 saturated heterocycles. The van der Waals surface area contributed by atoms with E-state index >= 15 is 0 Å². The molecule has 0 atom stereocenters. The minimum atomic E-state index is -0.527. The molecular formula is C5H3BrN2O2S. The van der Waals surface area contributed by atoms with Crippen LogP contribution in [0.1, 0.15) is 0 Å². The van der Waals surface area contributed by atoms with Crippen molar-refractivity contribution in [3.05, 3.63) is 31.4 Å². The topological polar surface area (TPSA) is 58.9 Å². The predicted molar refractivity (Wildman–Crippen MR) is 46.0 cm³/mol. The van der Waals surface area contributed by atoms with E-state index in [1.165, 1.54) is 6.07 Å². The van der Waals surface area contributed by atoms with Crippen molar-refractivity contribution in [1.82, 2.24) is 4.98 Å². The summed E-state index contributed by atoms with van der Waals surface area (Å²) >= 11 is 7.81. The van der Waals surface area contributed by atoms with Gasteiger partial charge in [-0.2, -0.15) is 0 Å². The molecule has 6 heteroatoms. The summed E-state index contributed by atoms with van der Waals surface area (Å²) in [5.41, 5.74) is 0. The van der Waals surface area contributed by atoms with Crippen molar-refractivity contribution in [2.75, 3.05) is 0 Å². The highest BCUT2D eigenvalue weighted by molar-refractivity contribution is 9.10. The van der Waals surface area contributed by atoms with Crippen molar-refractivity contribution in [1.29, 1.82) is 0 Å². The van der Waals surface area contributed by atoms with Gasteiger partial charge in [0.1, 0.15) is 0 Å². The van der Waals surface area contributed by atoms with Gasteiger partial charge in [0.25, 0.3) is 0 Å². The number of halogens is 1. The van der Waals surface area contributed by atoms with Crippen LogP contribution in [0, 0.1) is 14.8 Å². The van der Waals surface area contributed by atoms with E-state index in [-0.39, 0.29) is 5.82 Å². The SMILES string of the molecule is O=[N+]([O-])c1cc(Br)cc(=S)[nH]1. The van der Waals surface area contributed by atoms with Crippen LogP contribution in [0.3, 0.4) is 0 Å². The summed E-state index contributed by atoms with van der Waals surface area (Å²) < 4.78 is 0.944. The highest BCUT2D eigenvalue weighted by atomic mass is 79.9. The Hall–Kier alpha value is -0.750. The van der Waals surface area contributed by atoms with Crippen LogP contribution in [0.15, 0.2) is 16.6 Å². The molecule has 1 N–H and O–H groups in total. The van der Waals surface area contributed by atoms with E-state index in [0.717, 1.165) is 0 Å². The Morgan fingerprint density at radius 2 is 2.27 bits per heavy atom. The summed E-state index contributed by atoms with van der Waals surface area (Å²) in [6.07, 6.45) is 0. The maximum absolute atomic E-state index is 10.2. The van der Waals surface area contributed by atoms with E-state index in [0.29, 0.717) is 9.11 Å². The zero-order valence-electron chi connectivity index (χ0n) is 5.20. The van der Waals surface area contributed by atoms with Crippen molar-refractivity contribution in [2.45, 2.75) is 0 Å². The summed E-state index contributed by atoms with van der Waals surface area (Å²) in [4.78, 5) is 12.1. The van der Waals surface area contributed by atoms with E-state index in [4.69, 9.17) is 12.2 Å². The molecule has 1 heterocycles. The number of nitro groups is 1. The molecule has 0 aliphatic rings. The summed E-state index contributed by atoms with van der Waals surface area (Å²) in [6, 6.07) is 2.94. The van der Waals surface area contributed by atoms with Crippen LogP contribution in [0.25, 0.3) is 0 Å². The number of rotatable bonds is 1. The third-order valence-electron chi connectivity index (χ3n) is 0.992. The van der Waals surface area contributed by atoms with Gasteiger partial charge in [-0.3, -0.25) is 0 Å². The molecule has 0 amide bonds. The van der Waals surface area contributed by atoms with E-state index in [9.17, 15) is 10.1 Å². The van der Waals surface area contributed by atoms with E-state index < -0.39 is 4.92 Å². The van der Waals surface area contributed by atoms with Crippen LogP contribution in [0.2, 0.25) is 0 Å². The molecule has 11 heavy (non-hydrogen) atoms. The van der Waals surface area contributed by atoms with Crippen LogP contribution in [0.4, 0.5) is 5.82 Å². The zero-order valence-corrected chi connectivity index (χ0v) is 7.61. The van der Waals surface area contributed by atoms with Crippen molar-refractivity contribution < 1.29 is 4.92 Å². The smallest absolute Gasteiger partial charge is 0.322 e. The highest BCUT2D eigenvalue weighted by Gasteiger charge is 2.03. The fourth-order valence-corrected chi connectivity index (χ4v) is 1.42. The molecule has 0 aliphatic carbocycles. The molecule has 58 valence electrons. The number of nitrogens with zero attached hydrogens (tertiary/aromatic N) is 1. The number of aromatic amines is 1. The van der Waals surface area contributed by atoms with Crippen LogP contribution in [0.5, 0.6) is 0 Å². The molecule has 0 fully saturated rings. The van der Waals surface area contributed by atoms with E-state index in [1.807, 2.05) is 0 Å². The van der Waals surface area contributed by atoms with Crippen LogP contribution >= 0.6 is 28.1 Å². The molecule has 0 aromatic carbocycles. The average molecular weight is 235 g/mol. The van der Waals surface area contributed by atoms with E-state index in [2.05, 4.69) is 20.9 Å². The Morgan fingerprint density at radius 1 is 1.64 bits per heavy atom. The van der Waals surface area contributed by atoms with Crippen LogP contribution in [-0.4, -0.2) is 9.91 Å². The van der Waals surface area contributed by atoms with Gasteiger partial charge < -0.3 is 10.1 Å². The van der Waals surface area contributed by atoms with Crippen molar-refractivity contribution in [2.24, 2.45) is 0 Å². The lowest BCUT2D eigenvalue weighted by Gasteiger charge is -1.93. The second-order valence-corrected chi connectivity index (χ2v) is 3.16. The molecular weight excluding hydrogens is 232 g/mol. The number of hydrogen-bond donors (Lipinski definition) is 1. The van der Waals surface area contributed by atoms with Gasteiger partial charge >= 0.3 is 5.82 Å². The first-order chi connectivity index (χ1) is 5.09. The Balaban J connectivity index is 3.30. The van der Waals surface area contributed by atoms with Crippen molar-refractivity contribution in [3.8, 4) is 0 Å². The lowest BCUT2D eigenvalue weighted by atomic mass is 10.5. The van der Waals surface area contributed by atoms with E-state index in [1.54, 1.807) is 6.07 Å². The quantitative estimate of drug-likeness (QED) is 0.462. The zero-order chi connectivity index (χ0) is 8.43. The lowest BCUT2D eigenvalue weighted by molar-refractivity contribution is -0.389. The highest BCUT2D eigenvalue weighted by Crippen LogP contribution is 2.15. The Bertz CT molecular complexity index is 349. The summed E-state index contributed by atoms with van der Waals surface area (Å²) in [6.45, 7) is 0. The second kappa shape index (κ2) is 3.10. The van der Waals surface area contributed by atoms with Crippen LogP contribution < -0.4 is 0 Å². The standard InChI is InChI=1S/C5H3BrN2O2S/c6-3-1-4(8(9)10)7-5(11)2-3/h1-2H,(H,7,11). The fraction of sp³-hybridized carbons (Fsp3) is 0. The van der Waals surface area contributed by atoms with Gasteiger partial charge in [-0.25, -0.2) is 4.98 Å². The van der Waals surface area contributed by atoms with Gasteiger partial charge in [0.15, 0.2) is 4.64 Å². The van der Waals surface area contributed by atoms with Gasteiger partial charge in [-0.05, 0) is 17.1 Å². The molecule has 1 rings (SSSR count). The van der Waals surface area contributed by atoms with Gasteiger partial charge in [0.2, 0.25) is 0 Å². The third kappa shape index (κ3) is 2.09. The predicted octanol–water partition coefficient (Wildman–Crippen LogP) is 2.41. The molecule has 0 saturated carbocycles. The summed E-state index contributed by atoms with van der Waals surface area (Å²) in [7, 11) is 0. The third-order valence-corrected chi connectivity index (χ3v) is 1.67. The average Bonchev–Trinajstić information content (AvgIpc) is 1.85. The summed E-state index contributed by atoms with van der Waals surface area (Å²) in [5.74, 6) is -0.107. The first-order valence-corrected chi connectivity index (χ1v) is 3.84. The Morgan fingerprint density at radius 3 is 2.73 bits per heavy atom. The van der Waals surface area contributed by atoms with Gasteiger partial charge in [-0.15, -0.1) is 0 Å². The largest absolute Gasteiger partial charge is 0.358 e. The number of nitrogens with one attached hydrogen (secondary N) is 1. The molecule has 0 unspecified atom stereocenters. The molecule has 0 spiro atoms. The van der Waals surface area contributed by atoms with Gasteiger partial charge in [-0.1, -0.05) is 15.9 Å². The van der Waals surface area contributed by atoms with Gasteiger partial charge in [0.05, 0.1) is 0 Å². The number of aromatic nitrogens is 1. The molecule has 0 radical (unpaired) electrons. The number of pyridine rings is 1. The van der Waals surface area contributed by atoms with Gasteiger partial charge in [0, 0.05) is 16.6 Å².